The third kappa shape index (κ3) is 6.44. The van der Waals surface area contributed by atoms with Crippen LogP contribution in [0.3, 0.4) is 0 Å². The van der Waals surface area contributed by atoms with Gasteiger partial charge in [0.15, 0.2) is 5.96 Å². The van der Waals surface area contributed by atoms with Gasteiger partial charge in [-0.05, 0) is 32.6 Å². The average Bonchev–Trinajstić information content (AvgIpc) is 2.22. The van der Waals surface area contributed by atoms with Crippen LogP contribution in [0.25, 0.3) is 0 Å². The van der Waals surface area contributed by atoms with Crippen LogP contribution < -0.4 is 22.1 Å². The maximum Gasteiger partial charge on any atom is 0.237 e. The molecule has 0 rings (SSSR count). The van der Waals surface area contributed by atoms with E-state index in [2.05, 4.69) is 24.5 Å². The lowest BCUT2D eigenvalue weighted by Crippen LogP contribution is -2.53. The standard InChI is InChI=1S/C12H27N5O/c1-8(2)12(3,4)17-10(18)9(13)6-5-7-16-11(14)15/h8-9H,5-7,13H2,1-4H3,(H,17,18)(H4,14,15,16). The van der Waals surface area contributed by atoms with Crippen molar-refractivity contribution in [3.05, 3.63) is 0 Å². The maximum atomic E-state index is 11.9. The zero-order valence-corrected chi connectivity index (χ0v) is 11.8. The predicted molar refractivity (Wildman–Crippen MR) is 74.2 cm³/mol. The van der Waals surface area contributed by atoms with Crippen molar-refractivity contribution in [1.82, 2.24) is 10.6 Å². The lowest BCUT2D eigenvalue weighted by Gasteiger charge is -2.31. The maximum absolute atomic E-state index is 11.9. The summed E-state index contributed by atoms with van der Waals surface area (Å²) in [5.41, 5.74) is 10.7. The van der Waals surface area contributed by atoms with Gasteiger partial charge in [-0.3, -0.25) is 10.2 Å². The Hall–Kier alpha value is -1.30. The Kier molecular flexibility index (Phi) is 6.68. The molecule has 0 aromatic heterocycles. The number of carbonyl (C=O) groups excluding carboxylic acids is 1. The second-order valence-corrected chi connectivity index (χ2v) is 5.45. The van der Waals surface area contributed by atoms with Crippen LogP contribution in [0.1, 0.15) is 40.5 Å². The van der Waals surface area contributed by atoms with Crippen LogP contribution in [0.2, 0.25) is 0 Å². The topological polar surface area (TPSA) is 117 Å². The third-order valence-corrected chi connectivity index (χ3v) is 3.23. The van der Waals surface area contributed by atoms with Crippen molar-refractivity contribution >= 4 is 11.9 Å². The van der Waals surface area contributed by atoms with Crippen LogP contribution in [-0.4, -0.2) is 30.0 Å². The number of carbonyl (C=O) groups is 1. The first-order valence-corrected chi connectivity index (χ1v) is 6.32. The van der Waals surface area contributed by atoms with Crippen molar-refractivity contribution in [3.63, 3.8) is 0 Å². The fraction of sp³-hybridized carbons (Fsp3) is 0.833. The molecule has 0 radical (unpaired) electrons. The number of rotatable bonds is 7. The summed E-state index contributed by atoms with van der Waals surface area (Å²) < 4.78 is 0. The van der Waals surface area contributed by atoms with Crippen LogP contribution in [0.15, 0.2) is 0 Å². The molecule has 0 spiro atoms. The van der Waals surface area contributed by atoms with E-state index in [0.29, 0.717) is 25.3 Å². The van der Waals surface area contributed by atoms with Gasteiger partial charge in [-0.15, -0.1) is 0 Å². The smallest absolute Gasteiger partial charge is 0.237 e. The van der Waals surface area contributed by atoms with Crippen LogP contribution in [-0.2, 0) is 4.79 Å². The normalized spacial score (nSPS) is 13.2. The van der Waals surface area contributed by atoms with Crippen molar-refractivity contribution in [3.8, 4) is 0 Å². The second kappa shape index (κ2) is 7.20. The van der Waals surface area contributed by atoms with Gasteiger partial charge in [-0.25, -0.2) is 0 Å². The average molecular weight is 257 g/mol. The van der Waals surface area contributed by atoms with Gasteiger partial charge >= 0.3 is 0 Å². The van der Waals surface area contributed by atoms with E-state index in [-0.39, 0.29) is 17.4 Å². The van der Waals surface area contributed by atoms with Gasteiger partial charge in [0.05, 0.1) is 6.04 Å². The Bertz CT molecular complexity index is 288. The molecule has 0 aromatic rings. The van der Waals surface area contributed by atoms with Crippen LogP contribution >= 0.6 is 0 Å². The van der Waals surface area contributed by atoms with Crippen molar-refractivity contribution < 1.29 is 4.79 Å². The number of nitrogens with one attached hydrogen (secondary N) is 3. The highest BCUT2D eigenvalue weighted by Gasteiger charge is 2.26. The summed E-state index contributed by atoms with van der Waals surface area (Å²) in [5.74, 6) is 0.151. The molecule has 7 N–H and O–H groups in total. The van der Waals surface area contributed by atoms with E-state index in [9.17, 15) is 4.79 Å². The van der Waals surface area contributed by atoms with Crippen LogP contribution in [0.4, 0.5) is 0 Å². The number of nitrogens with two attached hydrogens (primary N) is 2. The lowest BCUT2D eigenvalue weighted by molar-refractivity contribution is -0.124. The summed E-state index contributed by atoms with van der Waals surface area (Å²) in [4.78, 5) is 11.9. The fourth-order valence-electron chi connectivity index (χ4n) is 1.23. The van der Waals surface area contributed by atoms with E-state index in [1.165, 1.54) is 0 Å². The molecule has 0 fully saturated rings. The van der Waals surface area contributed by atoms with Gasteiger partial charge in [-0.2, -0.15) is 0 Å². The quantitative estimate of drug-likeness (QED) is 0.253. The lowest BCUT2D eigenvalue weighted by atomic mass is 9.90. The van der Waals surface area contributed by atoms with E-state index >= 15 is 0 Å². The molecule has 1 amide bonds. The van der Waals surface area contributed by atoms with Crippen LogP contribution in [0, 0.1) is 11.3 Å². The number of amides is 1. The number of guanidine groups is 1. The molecule has 0 saturated heterocycles. The Balaban J connectivity index is 4.00. The Labute approximate surface area is 109 Å². The molecule has 0 aliphatic heterocycles. The predicted octanol–water partition coefficient (Wildman–Crippen LogP) is 0.128. The van der Waals surface area contributed by atoms with E-state index < -0.39 is 6.04 Å². The first-order chi connectivity index (χ1) is 8.16. The minimum absolute atomic E-state index is 0.0611. The highest BCUT2D eigenvalue weighted by molar-refractivity contribution is 5.82. The Morgan fingerprint density at radius 3 is 2.39 bits per heavy atom. The van der Waals surface area contributed by atoms with Crippen molar-refractivity contribution in [2.75, 3.05) is 6.54 Å². The molecule has 1 unspecified atom stereocenters. The summed E-state index contributed by atoms with van der Waals surface area (Å²) in [5, 5.41) is 12.6. The molecule has 0 bridgehead atoms. The van der Waals surface area contributed by atoms with Gasteiger partial charge in [0.25, 0.3) is 0 Å². The Morgan fingerprint density at radius 1 is 1.39 bits per heavy atom. The van der Waals surface area contributed by atoms with Gasteiger partial charge < -0.3 is 22.1 Å². The molecule has 1 atom stereocenters. The minimum Gasteiger partial charge on any atom is -0.370 e. The van der Waals surface area contributed by atoms with Gasteiger partial charge in [0.2, 0.25) is 5.91 Å². The molecule has 18 heavy (non-hydrogen) atoms. The summed E-state index contributed by atoms with van der Waals surface area (Å²) >= 11 is 0. The molecule has 106 valence electrons. The zero-order valence-electron chi connectivity index (χ0n) is 11.8. The van der Waals surface area contributed by atoms with Gasteiger partial charge in [0, 0.05) is 12.1 Å². The molecule has 6 heteroatoms. The van der Waals surface area contributed by atoms with E-state index in [4.69, 9.17) is 16.9 Å². The highest BCUT2D eigenvalue weighted by atomic mass is 16.2. The third-order valence-electron chi connectivity index (χ3n) is 3.23. The first-order valence-electron chi connectivity index (χ1n) is 6.32. The number of hydrogen-bond donors (Lipinski definition) is 5. The zero-order chi connectivity index (χ0) is 14.3. The molecule has 0 aliphatic rings. The molecular weight excluding hydrogens is 230 g/mol. The van der Waals surface area contributed by atoms with Crippen molar-refractivity contribution in [2.24, 2.45) is 17.4 Å². The van der Waals surface area contributed by atoms with Crippen molar-refractivity contribution in [2.45, 2.75) is 52.1 Å². The minimum atomic E-state index is -0.517. The second-order valence-electron chi connectivity index (χ2n) is 5.45. The molecule has 0 aromatic carbocycles. The summed E-state index contributed by atoms with van der Waals surface area (Å²) in [6.07, 6.45) is 1.27. The molecule has 0 heterocycles. The first kappa shape index (κ1) is 16.7. The van der Waals surface area contributed by atoms with Gasteiger partial charge in [-0.1, -0.05) is 13.8 Å². The highest BCUT2D eigenvalue weighted by Crippen LogP contribution is 2.15. The largest absolute Gasteiger partial charge is 0.370 e. The van der Waals surface area contributed by atoms with Crippen LogP contribution in [0.5, 0.6) is 0 Å². The van der Waals surface area contributed by atoms with E-state index in [0.717, 1.165) is 0 Å². The monoisotopic (exact) mass is 257 g/mol. The Morgan fingerprint density at radius 2 is 1.94 bits per heavy atom. The molecule has 0 saturated carbocycles. The van der Waals surface area contributed by atoms with E-state index in [1.54, 1.807) is 0 Å². The summed E-state index contributed by atoms with van der Waals surface area (Å²) in [6.45, 7) is 8.65. The summed E-state index contributed by atoms with van der Waals surface area (Å²) in [7, 11) is 0. The SMILES string of the molecule is CC(C)C(C)(C)NC(=O)C(N)CCCNC(=N)N. The van der Waals surface area contributed by atoms with Gasteiger partial charge in [0.1, 0.15) is 0 Å². The molecule has 0 aliphatic carbocycles. The molecular formula is C12H27N5O. The fourth-order valence-corrected chi connectivity index (χ4v) is 1.23. The number of hydrogen-bond acceptors (Lipinski definition) is 3. The van der Waals surface area contributed by atoms with Crippen molar-refractivity contribution in [1.29, 1.82) is 5.41 Å². The van der Waals surface area contributed by atoms with E-state index in [1.807, 2.05) is 13.8 Å². The molecule has 6 nitrogen and oxygen atoms in total. The summed E-state index contributed by atoms with van der Waals surface area (Å²) in [6, 6.07) is -0.517.